The van der Waals surface area contributed by atoms with Gasteiger partial charge in [-0.2, -0.15) is 13.2 Å². The Balaban J connectivity index is 1.76. The van der Waals surface area contributed by atoms with Gasteiger partial charge in [0.05, 0.1) is 19.3 Å². The van der Waals surface area contributed by atoms with Crippen LogP contribution in [0.25, 0.3) is 0 Å². The van der Waals surface area contributed by atoms with Gasteiger partial charge < -0.3 is 10.1 Å². The van der Waals surface area contributed by atoms with Crippen LogP contribution in [0.5, 0.6) is 0 Å². The summed E-state index contributed by atoms with van der Waals surface area (Å²) in [6, 6.07) is 0.251. The van der Waals surface area contributed by atoms with Crippen LogP contribution >= 0.6 is 0 Å². The van der Waals surface area contributed by atoms with Gasteiger partial charge in [-0.3, -0.25) is 9.80 Å². The van der Waals surface area contributed by atoms with E-state index >= 15 is 0 Å². The van der Waals surface area contributed by atoms with Crippen molar-refractivity contribution in [2.75, 3.05) is 52.4 Å². The smallest absolute Gasteiger partial charge is 0.374 e. The number of nitrogens with zero attached hydrogens (tertiary/aromatic N) is 2. The zero-order chi connectivity index (χ0) is 13.9. The van der Waals surface area contributed by atoms with Crippen LogP contribution in [0.2, 0.25) is 0 Å². The SMILES string of the molecule is CC(C1CNCCO1)N1CCN(CC(F)(F)F)CC1. The predicted octanol–water partition coefficient (Wildman–Crippen LogP) is 0.543. The van der Waals surface area contributed by atoms with E-state index in [1.807, 2.05) is 0 Å². The Hall–Kier alpha value is -0.370. The molecule has 7 heteroatoms. The second-order valence-electron chi connectivity index (χ2n) is 5.28. The van der Waals surface area contributed by atoms with Gasteiger partial charge in [0.25, 0.3) is 0 Å². The van der Waals surface area contributed by atoms with Crippen LogP contribution < -0.4 is 5.32 Å². The van der Waals surface area contributed by atoms with Crippen molar-refractivity contribution in [2.24, 2.45) is 0 Å². The molecule has 2 aliphatic heterocycles. The Morgan fingerprint density at radius 2 is 1.95 bits per heavy atom. The van der Waals surface area contributed by atoms with Gasteiger partial charge in [0.1, 0.15) is 0 Å². The summed E-state index contributed by atoms with van der Waals surface area (Å²) in [6.07, 6.45) is -3.95. The van der Waals surface area contributed by atoms with Gasteiger partial charge in [0.2, 0.25) is 0 Å². The Labute approximate surface area is 111 Å². The van der Waals surface area contributed by atoms with Crippen molar-refractivity contribution >= 4 is 0 Å². The van der Waals surface area contributed by atoms with Crippen LogP contribution in [0.3, 0.4) is 0 Å². The number of halogens is 3. The molecule has 2 atom stereocenters. The van der Waals surface area contributed by atoms with Gasteiger partial charge in [-0.1, -0.05) is 0 Å². The first-order valence-electron chi connectivity index (χ1n) is 6.81. The van der Waals surface area contributed by atoms with Gasteiger partial charge in [-0.05, 0) is 6.92 Å². The van der Waals surface area contributed by atoms with Gasteiger partial charge in [0.15, 0.2) is 0 Å². The van der Waals surface area contributed by atoms with Crippen molar-refractivity contribution in [1.29, 1.82) is 0 Å². The highest BCUT2D eigenvalue weighted by Gasteiger charge is 2.34. The molecule has 0 radical (unpaired) electrons. The van der Waals surface area contributed by atoms with Crippen molar-refractivity contribution in [3.63, 3.8) is 0 Å². The summed E-state index contributed by atoms with van der Waals surface area (Å²) in [4.78, 5) is 3.70. The van der Waals surface area contributed by atoms with E-state index < -0.39 is 12.7 Å². The molecule has 1 N–H and O–H groups in total. The van der Waals surface area contributed by atoms with E-state index in [1.54, 1.807) is 0 Å². The average molecular weight is 281 g/mol. The number of ether oxygens (including phenoxy) is 1. The highest BCUT2D eigenvalue weighted by molar-refractivity contribution is 4.84. The van der Waals surface area contributed by atoms with E-state index in [2.05, 4.69) is 17.1 Å². The Kier molecular flexibility index (Phi) is 5.05. The van der Waals surface area contributed by atoms with Crippen molar-refractivity contribution in [2.45, 2.75) is 25.2 Å². The predicted molar refractivity (Wildman–Crippen MR) is 66.1 cm³/mol. The maximum Gasteiger partial charge on any atom is 0.401 e. The molecule has 2 saturated heterocycles. The van der Waals surface area contributed by atoms with Crippen LogP contribution in [-0.4, -0.2) is 80.5 Å². The molecule has 4 nitrogen and oxygen atoms in total. The van der Waals surface area contributed by atoms with Gasteiger partial charge in [-0.15, -0.1) is 0 Å². The third-order valence-corrected chi connectivity index (χ3v) is 3.88. The molecular formula is C12H22F3N3O. The minimum absolute atomic E-state index is 0.142. The number of alkyl halides is 3. The number of piperazine rings is 1. The number of hydrogen-bond donors (Lipinski definition) is 1. The first-order chi connectivity index (χ1) is 8.96. The Morgan fingerprint density at radius 1 is 1.26 bits per heavy atom. The third-order valence-electron chi connectivity index (χ3n) is 3.88. The fraction of sp³-hybridized carbons (Fsp3) is 1.00. The van der Waals surface area contributed by atoms with E-state index in [1.165, 1.54) is 4.90 Å². The molecule has 2 heterocycles. The lowest BCUT2D eigenvalue weighted by Crippen LogP contribution is -2.57. The molecule has 0 spiro atoms. The fourth-order valence-corrected chi connectivity index (χ4v) is 2.71. The number of morpholine rings is 1. The Bertz CT molecular complexity index is 274. The second-order valence-corrected chi connectivity index (χ2v) is 5.28. The summed E-state index contributed by atoms with van der Waals surface area (Å²) >= 11 is 0. The van der Waals surface area contributed by atoms with Crippen LogP contribution in [0.1, 0.15) is 6.92 Å². The molecule has 2 fully saturated rings. The highest BCUT2D eigenvalue weighted by atomic mass is 19.4. The highest BCUT2D eigenvalue weighted by Crippen LogP contribution is 2.19. The van der Waals surface area contributed by atoms with Crippen LogP contribution in [0, 0.1) is 0 Å². The maximum absolute atomic E-state index is 12.3. The van der Waals surface area contributed by atoms with Gasteiger partial charge in [0, 0.05) is 45.3 Å². The van der Waals surface area contributed by atoms with E-state index in [0.29, 0.717) is 32.8 Å². The van der Waals surface area contributed by atoms with E-state index in [-0.39, 0.29) is 12.1 Å². The maximum atomic E-state index is 12.3. The molecule has 0 aromatic rings. The molecular weight excluding hydrogens is 259 g/mol. The molecule has 0 saturated carbocycles. The lowest BCUT2D eigenvalue weighted by atomic mass is 10.1. The molecule has 0 aromatic heterocycles. The molecule has 0 aromatic carbocycles. The van der Waals surface area contributed by atoms with Crippen LogP contribution in [0.4, 0.5) is 13.2 Å². The monoisotopic (exact) mass is 281 g/mol. The molecule has 0 bridgehead atoms. The minimum atomic E-state index is -4.09. The largest absolute Gasteiger partial charge is 0.401 e. The third kappa shape index (κ3) is 4.59. The Morgan fingerprint density at radius 3 is 2.47 bits per heavy atom. The van der Waals surface area contributed by atoms with Crippen molar-refractivity contribution in [3.8, 4) is 0 Å². The van der Waals surface area contributed by atoms with Gasteiger partial charge in [-0.25, -0.2) is 0 Å². The number of rotatable bonds is 3. The summed E-state index contributed by atoms with van der Waals surface area (Å²) in [5.74, 6) is 0. The zero-order valence-corrected chi connectivity index (χ0v) is 11.2. The molecule has 2 unspecified atom stereocenters. The lowest BCUT2D eigenvalue weighted by Gasteiger charge is -2.41. The quantitative estimate of drug-likeness (QED) is 0.817. The van der Waals surface area contributed by atoms with E-state index in [4.69, 9.17) is 4.74 Å². The van der Waals surface area contributed by atoms with E-state index in [0.717, 1.165) is 13.1 Å². The molecule has 0 amide bonds. The molecule has 112 valence electrons. The number of nitrogens with one attached hydrogen (secondary N) is 1. The molecule has 2 rings (SSSR count). The normalized spacial score (nSPS) is 29.4. The standard InChI is InChI=1S/C12H22F3N3O/c1-10(11-8-16-2-7-19-11)18-5-3-17(4-6-18)9-12(13,14)15/h10-11,16H,2-9H2,1H3. The van der Waals surface area contributed by atoms with E-state index in [9.17, 15) is 13.2 Å². The zero-order valence-electron chi connectivity index (χ0n) is 11.2. The van der Waals surface area contributed by atoms with Crippen LogP contribution in [-0.2, 0) is 4.74 Å². The molecule has 2 aliphatic rings. The topological polar surface area (TPSA) is 27.7 Å². The first-order valence-corrected chi connectivity index (χ1v) is 6.81. The van der Waals surface area contributed by atoms with Crippen molar-refractivity contribution in [3.05, 3.63) is 0 Å². The van der Waals surface area contributed by atoms with Gasteiger partial charge >= 0.3 is 6.18 Å². The fourth-order valence-electron chi connectivity index (χ4n) is 2.71. The lowest BCUT2D eigenvalue weighted by molar-refractivity contribution is -0.150. The summed E-state index contributed by atoms with van der Waals surface area (Å²) in [5.41, 5.74) is 0. The minimum Gasteiger partial charge on any atom is -0.374 e. The summed E-state index contributed by atoms with van der Waals surface area (Å²) < 4.78 is 42.6. The van der Waals surface area contributed by atoms with Crippen LogP contribution in [0.15, 0.2) is 0 Å². The summed E-state index contributed by atoms with van der Waals surface area (Å²) in [5, 5.41) is 3.28. The first kappa shape index (κ1) is 15.0. The molecule has 19 heavy (non-hydrogen) atoms. The molecule has 0 aliphatic carbocycles. The second kappa shape index (κ2) is 6.39. The summed E-state index contributed by atoms with van der Waals surface area (Å²) in [7, 11) is 0. The van der Waals surface area contributed by atoms with Crippen molar-refractivity contribution in [1.82, 2.24) is 15.1 Å². The van der Waals surface area contributed by atoms with Crippen molar-refractivity contribution < 1.29 is 17.9 Å². The average Bonchev–Trinajstić information content (AvgIpc) is 2.38. The summed E-state index contributed by atoms with van der Waals surface area (Å²) in [6.45, 7) is 6.02. The number of hydrogen-bond acceptors (Lipinski definition) is 4.